The van der Waals surface area contributed by atoms with Crippen LogP contribution in [0.25, 0.3) is 0 Å². The predicted octanol–water partition coefficient (Wildman–Crippen LogP) is -0.610. The molecule has 1 aliphatic heterocycles. The second-order valence-electron chi connectivity index (χ2n) is 3.01. The van der Waals surface area contributed by atoms with E-state index in [4.69, 9.17) is 5.26 Å². The molecule has 1 saturated heterocycles. The first kappa shape index (κ1) is 12.1. The molecule has 1 aliphatic rings. The van der Waals surface area contributed by atoms with Crippen LogP contribution >= 0.6 is 0 Å². The van der Waals surface area contributed by atoms with E-state index in [-0.39, 0.29) is 12.8 Å². The Morgan fingerprint density at radius 2 is 1.62 bits per heavy atom. The van der Waals surface area contributed by atoms with Crippen LogP contribution in [0.3, 0.4) is 0 Å². The van der Waals surface area contributed by atoms with Crippen LogP contribution in [-0.2, 0) is 28.9 Å². The third-order valence-corrected chi connectivity index (χ3v) is 1.83. The van der Waals surface area contributed by atoms with Gasteiger partial charge in [-0.15, -0.1) is 5.06 Å². The lowest BCUT2D eigenvalue weighted by Crippen LogP contribution is -2.32. The molecular formula is C8H9NO7. The molecule has 0 unspecified atom stereocenters. The first-order valence-corrected chi connectivity index (χ1v) is 4.45. The lowest BCUT2D eigenvalue weighted by atomic mass is 10.3. The standard InChI is InChI=1S/C8H9NO7/c10-5-1-2-6(11)9(5)15-7(12)3-4-8(13)16-14/h14H,1-4H2. The van der Waals surface area contributed by atoms with E-state index in [1.54, 1.807) is 0 Å². The van der Waals surface area contributed by atoms with Gasteiger partial charge in [0, 0.05) is 12.8 Å². The molecule has 8 heteroatoms. The Balaban J connectivity index is 2.36. The molecule has 0 spiro atoms. The maximum absolute atomic E-state index is 11.1. The third kappa shape index (κ3) is 3.02. The van der Waals surface area contributed by atoms with Crippen molar-refractivity contribution in [2.24, 2.45) is 0 Å². The van der Waals surface area contributed by atoms with E-state index in [1.807, 2.05) is 0 Å². The molecule has 8 nitrogen and oxygen atoms in total. The van der Waals surface area contributed by atoms with Crippen molar-refractivity contribution in [2.75, 3.05) is 0 Å². The van der Waals surface area contributed by atoms with Gasteiger partial charge in [-0.2, -0.15) is 5.26 Å². The minimum atomic E-state index is -1.00. The first-order chi connectivity index (χ1) is 7.54. The largest absolute Gasteiger partial charge is 0.342 e. The summed E-state index contributed by atoms with van der Waals surface area (Å²) in [6.45, 7) is 0. The molecule has 1 rings (SSSR count). The number of hydroxylamine groups is 2. The lowest BCUT2D eigenvalue weighted by Gasteiger charge is -2.11. The average Bonchev–Trinajstić information content (AvgIpc) is 2.57. The molecule has 0 atom stereocenters. The average molecular weight is 231 g/mol. The summed E-state index contributed by atoms with van der Waals surface area (Å²) in [6.07, 6.45) is -0.780. The topological polar surface area (TPSA) is 110 Å². The van der Waals surface area contributed by atoms with E-state index in [1.165, 1.54) is 0 Å². The summed E-state index contributed by atoms with van der Waals surface area (Å²) in [4.78, 5) is 51.3. The molecular weight excluding hydrogens is 222 g/mol. The zero-order valence-corrected chi connectivity index (χ0v) is 8.17. The van der Waals surface area contributed by atoms with E-state index in [0.29, 0.717) is 5.06 Å². The molecule has 0 bridgehead atoms. The third-order valence-electron chi connectivity index (χ3n) is 1.83. The van der Waals surface area contributed by atoms with Crippen LogP contribution in [-0.4, -0.2) is 34.1 Å². The normalized spacial score (nSPS) is 15.2. The number of carbonyl (C=O) groups is 4. The van der Waals surface area contributed by atoms with E-state index < -0.39 is 36.6 Å². The van der Waals surface area contributed by atoms with Crippen molar-refractivity contribution in [3.8, 4) is 0 Å². The van der Waals surface area contributed by atoms with Gasteiger partial charge in [-0.3, -0.25) is 9.59 Å². The molecule has 0 saturated carbocycles. The Morgan fingerprint density at radius 1 is 1.12 bits per heavy atom. The minimum absolute atomic E-state index is 0.00476. The quantitative estimate of drug-likeness (QED) is 0.390. The SMILES string of the molecule is O=C(CCC(=O)ON1C(=O)CCC1=O)OO. The second-order valence-corrected chi connectivity index (χ2v) is 3.01. The van der Waals surface area contributed by atoms with Crippen molar-refractivity contribution in [3.05, 3.63) is 0 Å². The summed E-state index contributed by atoms with van der Waals surface area (Å²) < 4.78 is 0. The molecule has 1 N–H and O–H groups in total. The highest BCUT2D eigenvalue weighted by atomic mass is 17.1. The van der Waals surface area contributed by atoms with E-state index in [0.717, 1.165) is 0 Å². The molecule has 1 fully saturated rings. The Hall–Kier alpha value is -1.96. The highest BCUT2D eigenvalue weighted by Crippen LogP contribution is 2.12. The van der Waals surface area contributed by atoms with Gasteiger partial charge in [0.1, 0.15) is 0 Å². The van der Waals surface area contributed by atoms with Crippen LogP contribution in [0.15, 0.2) is 0 Å². The van der Waals surface area contributed by atoms with E-state index in [2.05, 4.69) is 9.73 Å². The zero-order chi connectivity index (χ0) is 12.1. The predicted molar refractivity (Wildman–Crippen MR) is 45.1 cm³/mol. The summed E-state index contributed by atoms with van der Waals surface area (Å²) in [7, 11) is 0. The van der Waals surface area contributed by atoms with Gasteiger partial charge in [0.2, 0.25) is 0 Å². The van der Waals surface area contributed by atoms with Crippen molar-refractivity contribution < 1.29 is 34.2 Å². The second kappa shape index (κ2) is 5.21. The van der Waals surface area contributed by atoms with Gasteiger partial charge >= 0.3 is 11.9 Å². The number of amides is 2. The maximum atomic E-state index is 11.1. The molecule has 0 aromatic rings. The van der Waals surface area contributed by atoms with Crippen molar-refractivity contribution in [1.29, 1.82) is 0 Å². The fourth-order valence-corrected chi connectivity index (χ4v) is 1.06. The van der Waals surface area contributed by atoms with Crippen LogP contribution in [0.4, 0.5) is 0 Å². The van der Waals surface area contributed by atoms with E-state index >= 15 is 0 Å². The molecule has 0 radical (unpaired) electrons. The number of nitrogens with zero attached hydrogens (tertiary/aromatic N) is 1. The number of carbonyl (C=O) groups excluding carboxylic acids is 4. The fourth-order valence-electron chi connectivity index (χ4n) is 1.06. The van der Waals surface area contributed by atoms with Crippen LogP contribution < -0.4 is 0 Å². The smallest absolute Gasteiger partial charge is 0.330 e. The monoisotopic (exact) mass is 231 g/mol. The molecule has 0 aromatic carbocycles. The molecule has 2 amide bonds. The zero-order valence-electron chi connectivity index (χ0n) is 8.17. The molecule has 16 heavy (non-hydrogen) atoms. The van der Waals surface area contributed by atoms with Crippen LogP contribution in [0.1, 0.15) is 25.7 Å². The van der Waals surface area contributed by atoms with Gasteiger partial charge in [0.15, 0.2) is 0 Å². The van der Waals surface area contributed by atoms with Crippen molar-refractivity contribution in [2.45, 2.75) is 25.7 Å². The highest BCUT2D eigenvalue weighted by Gasteiger charge is 2.32. The highest BCUT2D eigenvalue weighted by molar-refractivity contribution is 6.01. The summed E-state index contributed by atoms with van der Waals surface area (Å²) in [5.41, 5.74) is 0. The van der Waals surface area contributed by atoms with Crippen molar-refractivity contribution in [3.63, 3.8) is 0 Å². The van der Waals surface area contributed by atoms with Crippen molar-refractivity contribution in [1.82, 2.24) is 5.06 Å². The van der Waals surface area contributed by atoms with Gasteiger partial charge < -0.3 is 9.73 Å². The molecule has 0 aliphatic carbocycles. The van der Waals surface area contributed by atoms with Crippen LogP contribution in [0, 0.1) is 0 Å². The number of hydrogen-bond acceptors (Lipinski definition) is 7. The Kier molecular flexibility index (Phi) is 3.95. The summed E-state index contributed by atoms with van der Waals surface area (Å²) in [5.74, 6) is -3.11. The fraction of sp³-hybridized carbons (Fsp3) is 0.500. The van der Waals surface area contributed by atoms with Gasteiger partial charge in [-0.05, 0) is 0 Å². The first-order valence-electron chi connectivity index (χ1n) is 4.45. The number of hydrogen-bond donors (Lipinski definition) is 1. The van der Waals surface area contributed by atoms with Gasteiger partial charge in [0.05, 0.1) is 12.8 Å². The van der Waals surface area contributed by atoms with Gasteiger partial charge in [-0.25, -0.2) is 9.59 Å². The molecule has 88 valence electrons. The Labute approximate surface area is 89.6 Å². The van der Waals surface area contributed by atoms with Crippen LogP contribution in [0.2, 0.25) is 0 Å². The minimum Gasteiger partial charge on any atom is -0.330 e. The number of rotatable bonds is 4. The molecule has 0 aromatic heterocycles. The van der Waals surface area contributed by atoms with Crippen LogP contribution in [0.5, 0.6) is 0 Å². The number of imide groups is 1. The maximum Gasteiger partial charge on any atom is 0.342 e. The van der Waals surface area contributed by atoms with Crippen molar-refractivity contribution >= 4 is 23.8 Å². The Bertz CT molecular complexity index is 321. The van der Waals surface area contributed by atoms with Gasteiger partial charge in [0.25, 0.3) is 11.8 Å². The lowest BCUT2D eigenvalue weighted by molar-refractivity contribution is -0.234. The molecule has 1 heterocycles. The summed E-state index contributed by atoms with van der Waals surface area (Å²) in [6, 6.07) is 0. The Morgan fingerprint density at radius 3 is 2.12 bits per heavy atom. The van der Waals surface area contributed by atoms with E-state index in [9.17, 15) is 19.2 Å². The summed E-state index contributed by atoms with van der Waals surface area (Å²) in [5, 5.41) is 8.28. The van der Waals surface area contributed by atoms with Gasteiger partial charge in [-0.1, -0.05) is 0 Å². The summed E-state index contributed by atoms with van der Waals surface area (Å²) >= 11 is 0.